The van der Waals surface area contributed by atoms with Crippen LogP contribution in [-0.4, -0.2) is 86.4 Å². The van der Waals surface area contributed by atoms with Crippen molar-refractivity contribution in [2.24, 2.45) is 28.2 Å². The van der Waals surface area contributed by atoms with E-state index in [-0.39, 0.29) is 36.4 Å². The van der Waals surface area contributed by atoms with Crippen LogP contribution in [0.15, 0.2) is 55.1 Å². The van der Waals surface area contributed by atoms with E-state index in [2.05, 4.69) is 26.6 Å². The largest absolute Gasteiger partial charge is 0.356 e. The van der Waals surface area contributed by atoms with Crippen molar-refractivity contribution in [2.45, 2.75) is 12.8 Å². The van der Waals surface area contributed by atoms with Gasteiger partial charge in [0.25, 0.3) is 23.6 Å². The average molecular weight is 647 g/mol. The van der Waals surface area contributed by atoms with Crippen molar-refractivity contribution < 1.29 is 24.0 Å². The Bertz CT molecular complexity index is 1770. The SMILES string of the molecule is CN(C)CCCNC(=O)CCNC(=O)c1cc(NC(=O)c2cc(NC(=O)c3cc(NC(=O)c4cccn4C)cn3C)cn2C)cn1C. The summed E-state index contributed by atoms with van der Waals surface area (Å²) < 4.78 is 6.45. The van der Waals surface area contributed by atoms with E-state index in [9.17, 15) is 24.0 Å². The zero-order chi connectivity index (χ0) is 34.2. The molecular formula is C32H42N10O5. The van der Waals surface area contributed by atoms with Crippen molar-refractivity contribution in [3.05, 3.63) is 77.9 Å². The first-order chi connectivity index (χ1) is 22.3. The van der Waals surface area contributed by atoms with Gasteiger partial charge in [-0.15, -0.1) is 0 Å². The molecule has 47 heavy (non-hydrogen) atoms. The molecular weight excluding hydrogens is 604 g/mol. The molecule has 15 heteroatoms. The van der Waals surface area contributed by atoms with Crippen molar-refractivity contribution in [1.82, 2.24) is 33.8 Å². The van der Waals surface area contributed by atoms with Crippen LogP contribution in [0.1, 0.15) is 54.8 Å². The maximum absolute atomic E-state index is 13.1. The summed E-state index contributed by atoms with van der Waals surface area (Å²) in [6.07, 6.45) is 7.62. The molecule has 0 aliphatic carbocycles. The lowest BCUT2D eigenvalue weighted by molar-refractivity contribution is -0.120. The van der Waals surface area contributed by atoms with Crippen LogP contribution in [0.3, 0.4) is 0 Å². The Kier molecular flexibility index (Phi) is 11.1. The Hall–Kier alpha value is -5.57. The molecule has 0 spiro atoms. The van der Waals surface area contributed by atoms with E-state index in [4.69, 9.17) is 0 Å². The van der Waals surface area contributed by atoms with E-state index < -0.39 is 11.8 Å². The number of nitrogens with one attached hydrogen (secondary N) is 5. The lowest BCUT2D eigenvalue weighted by atomic mass is 10.3. The van der Waals surface area contributed by atoms with E-state index in [1.54, 1.807) is 95.5 Å². The Morgan fingerprint density at radius 3 is 1.53 bits per heavy atom. The van der Waals surface area contributed by atoms with Crippen molar-refractivity contribution in [3.8, 4) is 0 Å². The molecule has 0 aromatic carbocycles. The van der Waals surface area contributed by atoms with Crippen LogP contribution in [0.4, 0.5) is 17.1 Å². The van der Waals surface area contributed by atoms with E-state index in [1.165, 1.54) is 6.07 Å². The molecule has 0 unspecified atom stereocenters. The summed E-state index contributed by atoms with van der Waals surface area (Å²) in [5.74, 6) is -1.68. The number of aromatic nitrogens is 4. The van der Waals surface area contributed by atoms with Gasteiger partial charge in [-0.2, -0.15) is 0 Å². The number of carbonyl (C=O) groups is 5. The van der Waals surface area contributed by atoms with Gasteiger partial charge in [0.2, 0.25) is 5.91 Å². The molecule has 0 aliphatic heterocycles. The molecule has 0 aliphatic rings. The maximum atomic E-state index is 13.1. The van der Waals surface area contributed by atoms with E-state index >= 15 is 0 Å². The summed E-state index contributed by atoms with van der Waals surface area (Å²) >= 11 is 0. The molecule has 5 amide bonds. The molecule has 4 rings (SSSR count). The topological polar surface area (TPSA) is 168 Å². The highest BCUT2D eigenvalue weighted by atomic mass is 16.2. The molecule has 15 nitrogen and oxygen atoms in total. The van der Waals surface area contributed by atoms with E-state index in [1.807, 2.05) is 19.0 Å². The Morgan fingerprint density at radius 1 is 0.617 bits per heavy atom. The van der Waals surface area contributed by atoms with Gasteiger partial charge in [-0.05, 0) is 57.4 Å². The number of nitrogens with zero attached hydrogens (tertiary/aromatic N) is 5. The van der Waals surface area contributed by atoms with E-state index in [0.717, 1.165) is 13.0 Å². The smallest absolute Gasteiger partial charge is 0.272 e. The minimum atomic E-state index is -0.443. The van der Waals surface area contributed by atoms with E-state index in [0.29, 0.717) is 40.7 Å². The zero-order valence-corrected chi connectivity index (χ0v) is 27.5. The second kappa shape index (κ2) is 15.1. The number of carbonyl (C=O) groups excluding carboxylic acids is 5. The minimum absolute atomic E-state index is 0.136. The first kappa shape index (κ1) is 34.3. The van der Waals surface area contributed by atoms with Gasteiger partial charge < -0.3 is 49.8 Å². The van der Waals surface area contributed by atoms with Gasteiger partial charge in [0.1, 0.15) is 22.8 Å². The number of hydrogen-bond donors (Lipinski definition) is 5. The maximum Gasteiger partial charge on any atom is 0.272 e. The van der Waals surface area contributed by atoms with Crippen LogP contribution in [0.25, 0.3) is 0 Å². The average Bonchev–Trinajstić information content (AvgIpc) is 3.77. The summed E-state index contributed by atoms with van der Waals surface area (Å²) in [7, 11) is 10.8. The molecule has 5 N–H and O–H groups in total. The van der Waals surface area contributed by atoms with Gasteiger partial charge in [-0.3, -0.25) is 24.0 Å². The second-order valence-electron chi connectivity index (χ2n) is 11.6. The number of rotatable bonds is 14. The fraction of sp³-hybridized carbons (Fsp3) is 0.344. The molecule has 0 bridgehead atoms. The van der Waals surface area contributed by atoms with Gasteiger partial charge in [0.05, 0.1) is 17.1 Å². The number of amides is 5. The third-order valence-electron chi connectivity index (χ3n) is 7.40. The Morgan fingerprint density at radius 2 is 1.09 bits per heavy atom. The van der Waals surface area contributed by atoms with Crippen molar-refractivity contribution in [2.75, 3.05) is 49.7 Å². The predicted octanol–water partition coefficient (Wildman–Crippen LogP) is 1.99. The lowest BCUT2D eigenvalue weighted by Gasteiger charge is -2.10. The number of anilines is 3. The van der Waals surface area contributed by atoms with Crippen molar-refractivity contribution >= 4 is 46.6 Å². The highest BCUT2D eigenvalue weighted by Gasteiger charge is 2.19. The van der Waals surface area contributed by atoms with Gasteiger partial charge in [0, 0.05) is 72.5 Å². The molecule has 4 aromatic rings. The van der Waals surface area contributed by atoms with Crippen molar-refractivity contribution in [1.29, 1.82) is 0 Å². The fourth-order valence-electron chi connectivity index (χ4n) is 4.95. The second-order valence-corrected chi connectivity index (χ2v) is 11.6. The Labute approximate surface area is 272 Å². The van der Waals surface area contributed by atoms with Crippen LogP contribution in [0.5, 0.6) is 0 Å². The molecule has 0 fully saturated rings. The predicted molar refractivity (Wildman–Crippen MR) is 179 cm³/mol. The van der Waals surface area contributed by atoms with Crippen LogP contribution >= 0.6 is 0 Å². The molecule has 0 atom stereocenters. The summed E-state index contributed by atoms with van der Waals surface area (Å²) in [6.45, 7) is 1.62. The summed E-state index contributed by atoms with van der Waals surface area (Å²) in [4.78, 5) is 65.5. The van der Waals surface area contributed by atoms with Gasteiger partial charge in [-0.1, -0.05) is 0 Å². The first-order valence-electron chi connectivity index (χ1n) is 15.1. The van der Waals surface area contributed by atoms with Crippen LogP contribution in [0.2, 0.25) is 0 Å². The third-order valence-corrected chi connectivity index (χ3v) is 7.40. The molecule has 4 heterocycles. The summed E-state index contributed by atoms with van der Waals surface area (Å²) in [5.41, 5.74) is 2.63. The molecule has 4 aromatic heterocycles. The van der Waals surface area contributed by atoms with Crippen LogP contribution < -0.4 is 26.6 Å². The Balaban J connectivity index is 1.30. The monoisotopic (exact) mass is 646 g/mol. The molecule has 0 radical (unpaired) electrons. The van der Waals surface area contributed by atoms with Crippen LogP contribution in [-0.2, 0) is 33.0 Å². The highest BCUT2D eigenvalue weighted by molar-refractivity contribution is 6.08. The van der Waals surface area contributed by atoms with Crippen LogP contribution in [0, 0.1) is 0 Å². The third kappa shape index (κ3) is 9.00. The van der Waals surface area contributed by atoms with Gasteiger partial charge >= 0.3 is 0 Å². The minimum Gasteiger partial charge on any atom is -0.356 e. The first-order valence-corrected chi connectivity index (χ1v) is 15.1. The van der Waals surface area contributed by atoms with Gasteiger partial charge in [0.15, 0.2) is 0 Å². The fourth-order valence-corrected chi connectivity index (χ4v) is 4.95. The van der Waals surface area contributed by atoms with Gasteiger partial charge in [-0.25, -0.2) is 0 Å². The molecule has 0 saturated carbocycles. The highest BCUT2D eigenvalue weighted by Crippen LogP contribution is 2.20. The molecule has 250 valence electrons. The normalized spacial score (nSPS) is 11.0. The lowest BCUT2D eigenvalue weighted by Crippen LogP contribution is -2.32. The summed E-state index contributed by atoms with van der Waals surface area (Å²) in [5, 5.41) is 13.9. The standard InChI is InChI=1S/C32H42N10O5/c1-38(2)13-8-11-33-28(43)10-12-34-29(44)25-15-21(18-40(25)4)36-31(46)27-17-23(20-42(27)6)37-32(47)26-16-22(19-41(26)5)35-30(45)24-9-7-14-39(24)3/h7,9,14-20H,8,10-13H2,1-6H3,(H,33,43)(H,34,44)(H,35,45)(H,36,46)(H,37,47). The summed E-state index contributed by atoms with van der Waals surface area (Å²) in [6, 6.07) is 8.12. The number of aryl methyl sites for hydroxylation is 4. The van der Waals surface area contributed by atoms with Crippen molar-refractivity contribution in [3.63, 3.8) is 0 Å². The number of hydrogen-bond acceptors (Lipinski definition) is 6. The molecule has 0 saturated heterocycles. The zero-order valence-electron chi connectivity index (χ0n) is 27.5. The quantitative estimate of drug-likeness (QED) is 0.131.